The van der Waals surface area contributed by atoms with E-state index in [1.54, 1.807) is 0 Å². The summed E-state index contributed by atoms with van der Waals surface area (Å²) in [5.74, 6) is 0. The van der Waals surface area contributed by atoms with Gasteiger partial charge in [-0.15, -0.1) is 0 Å². The normalized spacial score (nSPS) is 34.3. The lowest BCUT2D eigenvalue weighted by atomic mass is 9.58. The van der Waals surface area contributed by atoms with Crippen molar-refractivity contribution in [3.63, 3.8) is 0 Å². The zero-order valence-electron chi connectivity index (χ0n) is 7.21. The fourth-order valence-electron chi connectivity index (χ4n) is 1.94. The summed E-state index contributed by atoms with van der Waals surface area (Å²) in [6, 6.07) is 0. The molecule has 1 unspecified atom stereocenters. The third-order valence-electron chi connectivity index (χ3n) is 2.81. The maximum atomic E-state index is 7.23. The lowest BCUT2D eigenvalue weighted by molar-refractivity contribution is 0.374. The number of allylic oxidation sites excluding steroid dienone is 2. The van der Waals surface area contributed by atoms with Crippen molar-refractivity contribution in [2.75, 3.05) is 13.1 Å². The molecule has 2 rings (SSSR count). The van der Waals surface area contributed by atoms with Crippen LogP contribution in [0.3, 0.4) is 0 Å². The molecule has 0 aromatic rings. The van der Waals surface area contributed by atoms with Crippen LogP contribution in [-0.4, -0.2) is 32.1 Å². The molecule has 1 fully saturated rings. The van der Waals surface area contributed by atoms with E-state index in [9.17, 15) is 0 Å². The van der Waals surface area contributed by atoms with Crippen LogP contribution >= 0.6 is 0 Å². The second kappa shape index (κ2) is 2.65. The molecule has 1 N–H and O–H groups in total. The Morgan fingerprint density at radius 1 is 1.50 bits per heavy atom. The van der Waals surface area contributed by atoms with Crippen LogP contribution in [0.15, 0.2) is 11.8 Å². The monoisotopic (exact) mass is 160 g/mol. The molecule has 1 atom stereocenters. The fraction of sp³-hybridized carbons (Fsp3) is 0.667. The molecule has 2 radical (unpaired) electrons. The van der Waals surface area contributed by atoms with Gasteiger partial charge in [-0.2, -0.15) is 0 Å². The van der Waals surface area contributed by atoms with Gasteiger partial charge in [0, 0.05) is 24.1 Å². The van der Waals surface area contributed by atoms with Gasteiger partial charge in [-0.3, -0.25) is 0 Å². The number of nitrogens with zero attached hydrogens (tertiary/aromatic N) is 1. The summed E-state index contributed by atoms with van der Waals surface area (Å²) in [6.07, 6.45) is 6.90. The summed E-state index contributed by atoms with van der Waals surface area (Å²) in [7, 11) is 5.97. The van der Waals surface area contributed by atoms with Gasteiger partial charge in [0.05, 0.1) is 7.85 Å². The van der Waals surface area contributed by atoms with E-state index in [-0.39, 0.29) is 0 Å². The van der Waals surface area contributed by atoms with E-state index in [1.165, 1.54) is 24.8 Å². The quantitative estimate of drug-likeness (QED) is 0.479. The Morgan fingerprint density at radius 2 is 2.17 bits per heavy atom. The van der Waals surface area contributed by atoms with Crippen molar-refractivity contribution in [2.45, 2.75) is 24.6 Å². The highest BCUT2D eigenvalue weighted by Crippen LogP contribution is 2.45. The van der Waals surface area contributed by atoms with Crippen molar-refractivity contribution in [3.8, 4) is 0 Å². The Morgan fingerprint density at radius 3 is 2.58 bits per heavy atom. The summed E-state index contributed by atoms with van der Waals surface area (Å²) in [6.45, 7) is 2.25. The van der Waals surface area contributed by atoms with Gasteiger partial charge in [0.1, 0.15) is 0 Å². The molecule has 2 aliphatic rings. The highest BCUT2D eigenvalue weighted by atomic mass is 15.2. The highest BCUT2D eigenvalue weighted by molar-refractivity contribution is 6.28. The third-order valence-corrected chi connectivity index (χ3v) is 2.81. The molecule has 0 saturated carbocycles. The van der Waals surface area contributed by atoms with Gasteiger partial charge in [0.15, 0.2) is 0 Å². The first-order valence-corrected chi connectivity index (χ1v) is 4.52. The van der Waals surface area contributed by atoms with Crippen LogP contribution in [0.4, 0.5) is 0 Å². The molecule has 1 aliphatic carbocycles. The van der Waals surface area contributed by atoms with Crippen LogP contribution in [0.2, 0.25) is 5.31 Å². The summed E-state index contributed by atoms with van der Waals surface area (Å²) in [5, 5.41) is 6.81. The largest absolute Gasteiger partial charge is 0.375 e. The first-order valence-electron chi connectivity index (χ1n) is 4.52. The van der Waals surface area contributed by atoms with E-state index in [0.29, 0.717) is 0 Å². The molecule has 2 nitrogen and oxygen atoms in total. The van der Waals surface area contributed by atoms with Gasteiger partial charge < -0.3 is 10.3 Å². The predicted octanol–water partition coefficient (Wildman–Crippen LogP) is 1.35. The van der Waals surface area contributed by atoms with Crippen molar-refractivity contribution in [2.24, 2.45) is 0 Å². The molecule has 0 aromatic heterocycles. The average Bonchev–Trinajstić information content (AvgIpc) is 2.54. The van der Waals surface area contributed by atoms with Crippen LogP contribution in [-0.2, 0) is 0 Å². The minimum absolute atomic E-state index is 0.426. The Kier molecular flexibility index (Phi) is 1.74. The topological polar surface area (TPSA) is 27.1 Å². The Balaban J connectivity index is 2.10. The minimum atomic E-state index is -0.426. The number of rotatable bonds is 2. The molecule has 1 heterocycles. The first kappa shape index (κ1) is 7.90. The molecular weight excluding hydrogens is 147 g/mol. The van der Waals surface area contributed by atoms with Crippen molar-refractivity contribution < 1.29 is 0 Å². The van der Waals surface area contributed by atoms with Crippen LogP contribution in [0.5, 0.6) is 0 Å². The fourth-order valence-corrected chi connectivity index (χ4v) is 1.94. The zero-order chi connectivity index (χ0) is 8.60. The van der Waals surface area contributed by atoms with Gasteiger partial charge in [-0.1, -0.05) is 6.08 Å². The summed E-state index contributed by atoms with van der Waals surface area (Å²) in [4.78, 5) is 2.31. The standard InChI is InChI=1S/C9H13BN2/c10-9(7-11)4-3-8(9)12-5-1-2-6-12/h3,7,11H,1-2,4-6H2. The molecule has 1 aliphatic heterocycles. The van der Waals surface area contributed by atoms with Crippen molar-refractivity contribution in [1.82, 2.24) is 4.90 Å². The minimum Gasteiger partial charge on any atom is -0.375 e. The van der Waals surface area contributed by atoms with Gasteiger partial charge in [0.2, 0.25) is 0 Å². The Labute approximate surface area is 74.6 Å². The molecule has 0 bridgehead atoms. The average molecular weight is 160 g/mol. The second-order valence-electron chi connectivity index (χ2n) is 3.67. The number of hydrogen-bond acceptors (Lipinski definition) is 2. The number of hydrogen-bond donors (Lipinski definition) is 1. The molecule has 62 valence electrons. The molecule has 0 amide bonds. The molecule has 3 heteroatoms. The van der Waals surface area contributed by atoms with Gasteiger partial charge >= 0.3 is 0 Å². The smallest absolute Gasteiger partial charge is 0.0912 e. The lowest BCUT2D eigenvalue weighted by Gasteiger charge is -2.41. The van der Waals surface area contributed by atoms with E-state index < -0.39 is 5.31 Å². The van der Waals surface area contributed by atoms with E-state index in [0.717, 1.165) is 19.5 Å². The maximum Gasteiger partial charge on any atom is 0.0912 e. The van der Waals surface area contributed by atoms with Gasteiger partial charge in [-0.05, 0) is 25.5 Å². The molecule has 12 heavy (non-hydrogen) atoms. The van der Waals surface area contributed by atoms with Gasteiger partial charge in [0.25, 0.3) is 0 Å². The van der Waals surface area contributed by atoms with Crippen LogP contribution < -0.4 is 0 Å². The SMILES string of the molecule is [B]C1(C=N)CC=C1N1CCCC1. The summed E-state index contributed by atoms with van der Waals surface area (Å²) < 4.78 is 0. The van der Waals surface area contributed by atoms with Crippen LogP contribution in [0, 0.1) is 5.41 Å². The molecule has 1 saturated heterocycles. The van der Waals surface area contributed by atoms with E-state index in [4.69, 9.17) is 13.3 Å². The summed E-state index contributed by atoms with van der Waals surface area (Å²) >= 11 is 0. The van der Waals surface area contributed by atoms with Gasteiger partial charge in [-0.25, -0.2) is 0 Å². The lowest BCUT2D eigenvalue weighted by Crippen LogP contribution is -2.35. The summed E-state index contributed by atoms with van der Waals surface area (Å²) in [5.41, 5.74) is 1.18. The van der Waals surface area contributed by atoms with E-state index in [1.807, 2.05) is 0 Å². The number of likely N-dealkylation sites (tertiary alicyclic amines) is 1. The van der Waals surface area contributed by atoms with Crippen molar-refractivity contribution >= 4 is 14.1 Å². The maximum absolute atomic E-state index is 7.23. The van der Waals surface area contributed by atoms with Crippen LogP contribution in [0.25, 0.3) is 0 Å². The third kappa shape index (κ3) is 0.994. The van der Waals surface area contributed by atoms with Crippen LogP contribution in [0.1, 0.15) is 19.3 Å². The molecule has 0 aromatic carbocycles. The number of nitrogens with one attached hydrogen (secondary N) is 1. The predicted molar refractivity (Wildman–Crippen MR) is 50.7 cm³/mol. The van der Waals surface area contributed by atoms with E-state index in [2.05, 4.69) is 11.0 Å². The second-order valence-corrected chi connectivity index (χ2v) is 3.67. The van der Waals surface area contributed by atoms with Crippen molar-refractivity contribution in [1.29, 1.82) is 5.41 Å². The van der Waals surface area contributed by atoms with Crippen molar-refractivity contribution in [3.05, 3.63) is 11.8 Å². The molecular formula is C9H13BN2. The first-order chi connectivity index (χ1) is 5.76. The molecule has 0 spiro atoms. The zero-order valence-corrected chi connectivity index (χ0v) is 7.21. The van der Waals surface area contributed by atoms with E-state index >= 15 is 0 Å². The Hall–Kier alpha value is -0.725. The highest BCUT2D eigenvalue weighted by Gasteiger charge is 2.36. The Bertz CT molecular complexity index is 231.